The van der Waals surface area contributed by atoms with Gasteiger partial charge in [0.2, 0.25) is 10.0 Å². The fourth-order valence-electron chi connectivity index (χ4n) is 2.84. The van der Waals surface area contributed by atoms with Crippen LogP contribution in [0.1, 0.15) is 18.5 Å². The van der Waals surface area contributed by atoms with E-state index in [-0.39, 0.29) is 4.90 Å². The predicted molar refractivity (Wildman–Crippen MR) is 84.0 cm³/mol. The van der Waals surface area contributed by atoms with Crippen LogP contribution in [0, 0.1) is 12.8 Å². The van der Waals surface area contributed by atoms with Gasteiger partial charge in [-0.15, -0.1) is 0 Å². The molecule has 2 aromatic heterocycles. The third-order valence-corrected chi connectivity index (χ3v) is 5.50. The van der Waals surface area contributed by atoms with Crippen LogP contribution in [0.3, 0.4) is 0 Å². The summed E-state index contributed by atoms with van der Waals surface area (Å²) in [7, 11) is -1.74. The van der Waals surface area contributed by atoms with Gasteiger partial charge in [0.05, 0.1) is 5.69 Å². The number of sulfonamides is 1. The minimum atomic E-state index is -3.54. The predicted octanol–water partition coefficient (Wildman–Crippen LogP) is 0.555. The molecule has 2 N–H and O–H groups in total. The van der Waals surface area contributed by atoms with Crippen LogP contribution < -0.4 is 10.0 Å². The average molecular weight is 323 g/mol. The maximum absolute atomic E-state index is 12.4. The summed E-state index contributed by atoms with van der Waals surface area (Å²) in [4.78, 5) is 4.43. The van der Waals surface area contributed by atoms with Crippen LogP contribution in [0.2, 0.25) is 0 Å². The van der Waals surface area contributed by atoms with Crippen LogP contribution in [-0.4, -0.2) is 42.8 Å². The van der Waals surface area contributed by atoms with E-state index in [0.717, 1.165) is 37.0 Å². The van der Waals surface area contributed by atoms with Gasteiger partial charge in [0.1, 0.15) is 4.90 Å². The van der Waals surface area contributed by atoms with E-state index >= 15 is 0 Å². The Morgan fingerprint density at radius 3 is 3.05 bits per heavy atom. The maximum Gasteiger partial charge on any atom is 0.242 e. The Labute approximate surface area is 130 Å². The van der Waals surface area contributed by atoms with Crippen LogP contribution in [-0.2, 0) is 17.1 Å². The molecule has 3 heterocycles. The molecule has 2 aromatic rings. The maximum atomic E-state index is 12.4. The molecule has 8 heteroatoms. The summed E-state index contributed by atoms with van der Waals surface area (Å²) < 4.78 is 29.2. The second-order valence-electron chi connectivity index (χ2n) is 5.82. The largest absolute Gasteiger partial charge is 0.316 e. The summed E-state index contributed by atoms with van der Waals surface area (Å²) in [5.74, 6) is 0.348. The number of aryl methyl sites for hydroxylation is 2. The lowest BCUT2D eigenvalue weighted by Gasteiger charge is -2.22. The molecule has 1 atom stereocenters. The van der Waals surface area contributed by atoms with Crippen molar-refractivity contribution in [1.29, 1.82) is 0 Å². The molecule has 3 rings (SSSR count). The van der Waals surface area contributed by atoms with Gasteiger partial charge in [0.25, 0.3) is 0 Å². The monoisotopic (exact) mass is 323 g/mol. The fourth-order valence-corrected chi connectivity index (χ4v) is 3.93. The molecule has 22 heavy (non-hydrogen) atoms. The molecule has 0 spiro atoms. The first-order valence-electron chi connectivity index (χ1n) is 7.47. The lowest BCUT2D eigenvalue weighted by Crippen LogP contribution is -2.38. The number of piperidine rings is 1. The van der Waals surface area contributed by atoms with Crippen molar-refractivity contribution >= 4 is 21.1 Å². The molecule has 0 amide bonds. The van der Waals surface area contributed by atoms with E-state index in [1.165, 1.54) is 6.20 Å². The van der Waals surface area contributed by atoms with Crippen molar-refractivity contribution in [2.45, 2.75) is 24.7 Å². The fraction of sp³-hybridized carbons (Fsp3) is 0.571. The van der Waals surface area contributed by atoms with Gasteiger partial charge in [-0.2, -0.15) is 5.10 Å². The van der Waals surface area contributed by atoms with Gasteiger partial charge in [-0.25, -0.2) is 18.1 Å². The van der Waals surface area contributed by atoms with E-state index < -0.39 is 10.0 Å². The van der Waals surface area contributed by atoms with Crippen molar-refractivity contribution in [3.05, 3.63) is 18.0 Å². The first kappa shape index (κ1) is 15.4. The second kappa shape index (κ2) is 5.94. The standard InChI is InChI=1S/C14H21N5O2S/c1-10-13-6-12(9-16-14(13)19(2)18-10)22(20,21)17-8-11-4-3-5-15-7-11/h6,9,11,15,17H,3-5,7-8H2,1-2H3. The zero-order valence-electron chi connectivity index (χ0n) is 12.8. The number of pyridine rings is 1. The van der Waals surface area contributed by atoms with Gasteiger partial charge in [-0.05, 0) is 44.8 Å². The molecule has 1 aliphatic heterocycles. The number of hydrogen-bond acceptors (Lipinski definition) is 5. The zero-order chi connectivity index (χ0) is 15.7. The van der Waals surface area contributed by atoms with Crippen LogP contribution in [0.25, 0.3) is 11.0 Å². The molecule has 1 aliphatic rings. The minimum Gasteiger partial charge on any atom is -0.316 e. The zero-order valence-corrected chi connectivity index (χ0v) is 13.7. The van der Waals surface area contributed by atoms with Gasteiger partial charge >= 0.3 is 0 Å². The highest BCUT2D eigenvalue weighted by Gasteiger charge is 2.20. The Bertz CT molecular complexity index is 778. The van der Waals surface area contributed by atoms with E-state index in [0.29, 0.717) is 18.1 Å². The van der Waals surface area contributed by atoms with Crippen molar-refractivity contribution in [2.24, 2.45) is 13.0 Å². The van der Waals surface area contributed by atoms with E-state index in [1.54, 1.807) is 17.8 Å². The summed E-state index contributed by atoms with van der Waals surface area (Å²) in [6.07, 6.45) is 3.54. The van der Waals surface area contributed by atoms with Crippen molar-refractivity contribution < 1.29 is 8.42 Å². The number of hydrogen-bond donors (Lipinski definition) is 2. The summed E-state index contributed by atoms with van der Waals surface area (Å²) in [6, 6.07) is 1.64. The lowest BCUT2D eigenvalue weighted by molar-refractivity contribution is 0.376. The molecular formula is C14H21N5O2S. The Balaban J connectivity index is 1.80. The van der Waals surface area contributed by atoms with Crippen LogP contribution >= 0.6 is 0 Å². The second-order valence-corrected chi connectivity index (χ2v) is 7.58. The van der Waals surface area contributed by atoms with E-state index in [9.17, 15) is 8.42 Å². The molecule has 1 fully saturated rings. The molecule has 1 saturated heterocycles. The van der Waals surface area contributed by atoms with Gasteiger partial charge < -0.3 is 5.32 Å². The van der Waals surface area contributed by atoms with Gasteiger partial charge in [-0.3, -0.25) is 4.68 Å². The topological polar surface area (TPSA) is 88.9 Å². The summed E-state index contributed by atoms with van der Waals surface area (Å²) >= 11 is 0. The molecule has 0 saturated carbocycles. The smallest absolute Gasteiger partial charge is 0.242 e. The summed E-state index contributed by atoms with van der Waals surface area (Å²) in [6.45, 7) is 4.19. The first-order valence-corrected chi connectivity index (χ1v) is 8.95. The van der Waals surface area contributed by atoms with Gasteiger partial charge in [0, 0.05) is 25.2 Å². The molecule has 0 aliphatic carbocycles. The molecule has 0 bridgehead atoms. The van der Waals surface area contributed by atoms with Crippen LogP contribution in [0.4, 0.5) is 0 Å². The Morgan fingerprint density at radius 2 is 2.32 bits per heavy atom. The van der Waals surface area contributed by atoms with Crippen molar-refractivity contribution in [2.75, 3.05) is 19.6 Å². The van der Waals surface area contributed by atoms with Crippen LogP contribution in [0.15, 0.2) is 17.2 Å². The highest BCUT2D eigenvalue weighted by Crippen LogP contribution is 2.19. The SMILES string of the molecule is Cc1nn(C)c2ncc(S(=O)(=O)NCC3CCCNC3)cc12. The minimum absolute atomic E-state index is 0.194. The third kappa shape index (κ3) is 2.99. The number of rotatable bonds is 4. The normalized spacial score (nSPS) is 19.6. The van der Waals surface area contributed by atoms with Crippen molar-refractivity contribution in [3.63, 3.8) is 0 Å². The quantitative estimate of drug-likeness (QED) is 0.858. The van der Waals surface area contributed by atoms with Gasteiger partial charge in [0.15, 0.2) is 5.65 Å². The number of nitrogens with zero attached hydrogens (tertiary/aromatic N) is 3. The molecule has 0 radical (unpaired) electrons. The highest BCUT2D eigenvalue weighted by molar-refractivity contribution is 7.89. The number of nitrogens with one attached hydrogen (secondary N) is 2. The molecule has 1 unspecified atom stereocenters. The van der Waals surface area contributed by atoms with E-state index in [4.69, 9.17) is 0 Å². The number of aromatic nitrogens is 3. The Morgan fingerprint density at radius 1 is 1.50 bits per heavy atom. The summed E-state index contributed by atoms with van der Waals surface area (Å²) in [5, 5.41) is 8.32. The first-order chi connectivity index (χ1) is 10.5. The average Bonchev–Trinajstić information content (AvgIpc) is 2.81. The van der Waals surface area contributed by atoms with E-state index in [2.05, 4.69) is 20.1 Å². The van der Waals surface area contributed by atoms with Crippen LogP contribution in [0.5, 0.6) is 0 Å². The third-order valence-electron chi connectivity index (χ3n) is 4.11. The molecule has 0 aromatic carbocycles. The Kier molecular flexibility index (Phi) is 4.16. The molecular weight excluding hydrogens is 302 g/mol. The molecule has 120 valence electrons. The summed E-state index contributed by atoms with van der Waals surface area (Å²) in [5.41, 5.74) is 1.46. The van der Waals surface area contributed by atoms with Gasteiger partial charge in [-0.1, -0.05) is 0 Å². The highest BCUT2D eigenvalue weighted by atomic mass is 32.2. The van der Waals surface area contributed by atoms with Crippen molar-refractivity contribution in [1.82, 2.24) is 24.8 Å². The van der Waals surface area contributed by atoms with E-state index in [1.807, 2.05) is 6.92 Å². The number of fused-ring (bicyclic) bond motifs is 1. The lowest BCUT2D eigenvalue weighted by atomic mass is 10.0. The van der Waals surface area contributed by atoms with Crippen molar-refractivity contribution in [3.8, 4) is 0 Å². The molecule has 7 nitrogen and oxygen atoms in total. The Hall–Kier alpha value is -1.51.